The van der Waals surface area contributed by atoms with E-state index in [9.17, 15) is 9.90 Å². The molecule has 0 fully saturated rings. The molecule has 8 nitrogen and oxygen atoms in total. The van der Waals surface area contributed by atoms with Crippen LogP contribution in [-0.4, -0.2) is 37.4 Å². The van der Waals surface area contributed by atoms with Crippen LogP contribution in [0.4, 0.5) is 0 Å². The summed E-state index contributed by atoms with van der Waals surface area (Å²) in [5, 5.41) is 24.6. The summed E-state index contributed by atoms with van der Waals surface area (Å²) < 4.78 is 1.56. The van der Waals surface area contributed by atoms with Crippen molar-refractivity contribution in [2.45, 2.75) is 13.1 Å². The molecule has 0 amide bonds. The Balaban J connectivity index is 1.57. The Kier molecular flexibility index (Phi) is 6.82. The van der Waals surface area contributed by atoms with Gasteiger partial charge in [-0.25, -0.2) is 9.97 Å². The number of pyridine rings is 1. The predicted octanol–water partition coefficient (Wildman–Crippen LogP) is 3.50. The fraction of sp³-hybridized carbons (Fsp3) is 0.125. The number of thiazole rings is 1. The molecule has 0 bridgehead atoms. The van der Waals surface area contributed by atoms with Gasteiger partial charge in [-0.15, -0.1) is 11.3 Å². The lowest BCUT2D eigenvalue weighted by Gasteiger charge is -2.08. The molecule has 3 aromatic heterocycles. The van der Waals surface area contributed by atoms with Crippen LogP contribution in [0.1, 0.15) is 21.8 Å². The molecular formula is C24H22N6O2S. The maximum atomic E-state index is 12.2. The summed E-state index contributed by atoms with van der Waals surface area (Å²) in [5.74, 6) is -0.162. The van der Waals surface area contributed by atoms with Crippen molar-refractivity contribution in [1.82, 2.24) is 24.8 Å². The van der Waals surface area contributed by atoms with E-state index in [2.05, 4.69) is 20.3 Å². The van der Waals surface area contributed by atoms with Crippen molar-refractivity contribution in [2.24, 2.45) is 0 Å². The van der Waals surface area contributed by atoms with Crippen molar-refractivity contribution >= 4 is 22.8 Å². The van der Waals surface area contributed by atoms with E-state index in [-0.39, 0.29) is 22.7 Å². The highest BCUT2D eigenvalue weighted by atomic mass is 32.1. The third-order valence-electron chi connectivity index (χ3n) is 4.89. The Morgan fingerprint density at radius 3 is 2.76 bits per heavy atom. The molecule has 0 radical (unpaired) electrons. The third kappa shape index (κ3) is 5.46. The molecule has 1 aromatic carbocycles. The molecular weight excluding hydrogens is 436 g/mol. The first-order valence-corrected chi connectivity index (χ1v) is 11.1. The number of nitrogens with zero attached hydrogens (tertiary/aromatic N) is 4. The van der Waals surface area contributed by atoms with Gasteiger partial charge in [0.05, 0.1) is 30.3 Å². The second-order valence-electron chi connectivity index (χ2n) is 7.27. The summed E-state index contributed by atoms with van der Waals surface area (Å²) >= 11 is 1.48. The smallest absolute Gasteiger partial charge is 0.250 e. The van der Waals surface area contributed by atoms with Crippen LogP contribution in [0.2, 0.25) is 0 Å². The second kappa shape index (κ2) is 10.1. The van der Waals surface area contributed by atoms with Crippen LogP contribution < -0.4 is 10.9 Å². The number of hydrogen-bond donors (Lipinski definition) is 3. The first-order valence-electron chi connectivity index (χ1n) is 10.2. The van der Waals surface area contributed by atoms with Gasteiger partial charge in [0, 0.05) is 42.0 Å². The van der Waals surface area contributed by atoms with Crippen LogP contribution >= 0.6 is 11.3 Å². The minimum absolute atomic E-state index is 0.144. The zero-order valence-electron chi connectivity index (χ0n) is 17.9. The van der Waals surface area contributed by atoms with E-state index in [0.29, 0.717) is 23.4 Å². The normalized spacial score (nSPS) is 11.5. The molecule has 166 valence electrons. The molecule has 3 heterocycles. The molecule has 0 atom stereocenters. The van der Waals surface area contributed by atoms with E-state index < -0.39 is 0 Å². The molecule has 4 rings (SSSR count). The summed E-state index contributed by atoms with van der Waals surface area (Å²) in [4.78, 5) is 25.1. The Hall–Kier alpha value is -3.95. The Morgan fingerprint density at radius 2 is 2.03 bits per heavy atom. The molecule has 4 aromatic rings. The van der Waals surface area contributed by atoms with Gasteiger partial charge in [0.2, 0.25) is 0 Å². The number of nitrogens with one attached hydrogen (secondary N) is 2. The van der Waals surface area contributed by atoms with Gasteiger partial charge in [0.15, 0.2) is 0 Å². The van der Waals surface area contributed by atoms with Gasteiger partial charge in [-0.05, 0) is 24.2 Å². The van der Waals surface area contributed by atoms with Crippen molar-refractivity contribution in [3.05, 3.63) is 105 Å². The molecule has 0 spiro atoms. The molecule has 9 heteroatoms. The van der Waals surface area contributed by atoms with Crippen LogP contribution in [0.3, 0.4) is 0 Å². The standard InChI is InChI=1S/C24H22N6O2S/c1-26-11-16-2-4-17(5-3-16)19(25)10-22(31)21-13-27-12-20(29-21)18-6-7-24(32)30(14-18)15-23-28-8-9-33-23/h2-10,12-14,25-26,31H,11,15H2,1H3/b22-10-,25-19?. The fourth-order valence-electron chi connectivity index (χ4n) is 3.21. The van der Waals surface area contributed by atoms with Crippen molar-refractivity contribution in [3.63, 3.8) is 0 Å². The summed E-state index contributed by atoms with van der Waals surface area (Å²) in [6, 6.07) is 10.7. The zero-order valence-corrected chi connectivity index (χ0v) is 18.7. The van der Waals surface area contributed by atoms with E-state index >= 15 is 0 Å². The Bertz CT molecular complexity index is 1340. The van der Waals surface area contributed by atoms with Crippen LogP contribution in [0, 0.1) is 5.41 Å². The van der Waals surface area contributed by atoms with Gasteiger partial charge in [-0.1, -0.05) is 24.3 Å². The van der Waals surface area contributed by atoms with Crippen LogP contribution in [0.15, 0.2) is 77.4 Å². The van der Waals surface area contributed by atoms with E-state index in [1.807, 2.05) is 36.7 Å². The second-order valence-corrected chi connectivity index (χ2v) is 8.25. The van der Waals surface area contributed by atoms with Crippen LogP contribution in [0.25, 0.3) is 17.0 Å². The third-order valence-corrected chi connectivity index (χ3v) is 5.66. The van der Waals surface area contributed by atoms with Crippen molar-refractivity contribution in [1.29, 1.82) is 5.41 Å². The highest BCUT2D eigenvalue weighted by molar-refractivity contribution is 7.09. The number of aromatic nitrogens is 4. The largest absolute Gasteiger partial charge is 0.506 e. The van der Waals surface area contributed by atoms with Gasteiger partial charge in [-0.3, -0.25) is 9.78 Å². The fourth-order valence-corrected chi connectivity index (χ4v) is 3.83. The van der Waals surface area contributed by atoms with Crippen molar-refractivity contribution < 1.29 is 5.11 Å². The van der Waals surface area contributed by atoms with Gasteiger partial charge in [-0.2, -0.15) is 0 Å². The van der Waals surface area contributed by atoms with E-state index in [1.165, 1.54) is 29.7 Å². The quantitative estimate of drug-likeness (QED) is 0.275. The first-order chi connectivity index (χ1) is 16.0. The minimum atomic E-state index is -0.162. The number of benzene rings is 1. The molecule has 33 heavy (non-hydrogen) atoms. The van der Waals surface area contributed by atoms with E-state index in [4.69, 9.17) is 5.41 Å². The number of aliphatic hydroxyl groups excluding tert-OH is 1. The van der Waals surface area contributed by atoms with E-state index in [0.717, 1.165) is 17.1 Å². The summed E-state index contributed by atoms with van der Waals surface area (Å²) in [5.41, 5.74) is 3.23. The lowest BCUT2D eigenvalue weighted by molar-refractivity contribution is 0.509. The minimum Gasteiger partial charge on any atom is -0.506 e. The lowest BCUT2D eigenvalue weighted by Crippen LogP contribution is -2.19. The zero-order chi connectivity index (χ0) is 23.2. The number of aliphatic hydroxyl groups is 1. The molecule has 0 unspecified atom stereocenters. The Morgan fingerprint density at radius 1 is 1.21 bits per heavy atom. The van der Waals surface area contributed by atoms with Gasteiger partial charge >= 0.3 is 0 Å². The lowest BCUT2D eigenvalue weighted by atomic mass is 10.1. The van der Waals surface area contributed by atoms with Crippen LogP contribution in [0.5, 0.6) is 0 Å². The van der Waals surface area contributed by atoms with Gasteiger partial charge in [0.25, 0.3) is 5.56 Å². The summed E-state index contributed by atoms with van der Waals surface area (Å²) in [6.07, 6.45) is 7.75. The SMILES string of the molecule is CNCc1ccc(C(=N)/C=C(\O)c2cncc(-c3ccc(=O)n(Cc4nccs4)c3)n2)cc1. The topological polar surface area (TPSA) is 117 Å². The van der Waals surface area contributed by atoms with Gasteiger partial charge in [0.1, 0.15) is 16.5 Å². The maximum absolute atomic E-state index is 12.2. The monoisotopic (exact) mass is 458 g/mol. The molecule has 0 aliphatic carbocycles. The van der Waals surface area contributed by atoms with Crippen LogP contribution in [-0.2, 0) is 13.1 Å². The first kappa shape index (κ1) is 22.3. The average molecular weight is 459 g/mol. The molecule has 0 aliphatic heterocycles. The highest BCUT2D eigenvalue weighted by Gasteiger charge is 2.10. The summed E-state index contributed by atoms with van der Waals surface area (Å²) in [6.45, 7) is 1.11. The predicted molar refractivity (Wildman–Crippen MR) is 130 cm³/mol. The van der Waals surface area contributed by atoms with Crippen molar-refractivity contribution in [2.75, 3.05) is 7.05 Å². The molecule has 0 aliphatic rings. The van der Waals surface area contributed by atoms with Crippen molar-refractivity contribution in [3.8, 4) is 11.3 Å². The molecule has 3 N–H and O–H groups in total. The number of rotatable bonds is 8. The Labute approximate surface area is 194 Å². The maximum Gasteiger partial charge on any atom is 0.250 e. The molecule has 0 saturated heterocycles. The van der Waals surface area contributed by atoms with Gasteiger partial charge < -0.3 is 20.4 Å². The summed E-state index contributed by atoms with van der Waals surface area (Å²) in [7, 11) is 1.88. The number of hydrogen-bond acceptors (Lipinski definition) is 8. The highest BCUT2D eigenvalue weighted by Crippen LogP contribution is 2.18. The number of allylic oxidation sites excluding steroid dienone is 1. The average Bonchev–Trinajstić information content (AvgIpc) is 3.34. The molecule has 0 saturated carbocycles. The van der Waals surface area contributed by atoms with E-state index in [1.54, 1.807) is 29.2 Å².